The predicted octanol–water partition coefficient (Wildman–Crippen LogP) is 5.52. The summed E-state index contributed by atoms with van der Waals surface area (Å²) in [6.45, 7) is 4.09. The number of rotatable bonds is 4. The van der Waals surface area contributed by atoms with Crippen molar-refractivity contribution in [3.8, 4) is 17.3 Å². The van der Waals surface area contributed by atoms with Crippen LogP contribution in [-0.2, 0) is 6.42 Å². The van der Waals surface area contributed by atoms with Crippen molar-refractivity contribution in [1.82, 2.24) is 19.5 Å². The lowest BCUT2D eigenvalue weighted by atomic mass is 9.93. The minimum absolute atomic E-state index is 0.0160. The van der Waals surface area contributed by atoms with E-state index in [1.807, 2.05) is 29.2 Å². The summed E-state index contributed by atoms with van der Waals surface area (Å²) in [5.41, 5.74) is 6.07. The summed E-state index contributed by atoms with van der Waals surface area (Å²) in [7, 11) is 0. The molecule has 3 aliphatic rings. The molecular formula is C31H29FN6O. The molecule has 1 saturated carbocycles. The van der Waals surface area contributed by atoms with Crippen LogP contribution in [-0.4, -0.2) is 45.0 Å². The van der Waals surface area contributed by atoms with Crippen molar-refractivity contribution in [3.63, 3.8) is 0 Å². The van der Waals surface area contributed by atoms with Gasteiger partial charge in [-0.05, 0) is 68.0 Å². The monoisotopic (exact) mass is 520 g/mol. The molecular weight excluding hydrogens is 491 g/mol. The molecule has 1 amide bonds. The highest BCUT2D eigenvalue weighted by Gasteiger charge is 2.32. The summed E-state index contributed by atoms with van der Waals surface area (Å²) >= 11 is 0. The summed E-state index contributed by atoms with van der Waals surface area (Å²) in [6.07, 6.45) is 3.70. The van der Waals surface area contributed by atoms with Gasteiger partial charge in [-0.15, -0.1) is 0 Å². The van der Waals surface area contributed by atoms with Crippen molar-refractivity contribution in [2.24, 2.45) is 5.92 Å². The zero-order valence-electron chi connectivity index (χ0n) is 21.8. The van der Waals surface area contributed by atoms with Crippen molar-refractivity contribution in [3.05, 3.63) is 82.9 Å². The van der Waals surface area contributed by atoms with Gasteiger partial charge < -0.3 is 9.80 Å². The van der Waals surface area contributed by atoms with Gasteiger partial charge >= 0.3 is 0 Å². The molecule has 4 aromatic rings. The minimum atomic E-state index is -0.360. The molecule has 2 atom stereocenters. The van der Waals surface area contributed by atoms with Crippen LogP contribution in [0.4, 0.5) is 10.1 Å². The van der Waals surface area contributed by atoms with Gasteiger partial charge in [0.05, 0.1) is 23.7 Å². The van der Waals surface area contributed by atoms with E-state index in [2.05, 4.69) is 30.0 Å². The highest BCUT2D eigenvalue weighted by Crippen LogP contribution is 2.41. The highest BCUT2D eigenvalue weighted by molar-refractivity contribution is 5.93. The van der Waals surface area contributed by atoms with Crippen molar-refractivity contribution >= 4 is 17.2 Å². The molecule has 7 nitrogen and oxygen atoms in total. The number of hydrogen-bond donors (Lipinski definition) is 0. The van der Waals surface area contributed by atoms with E-state index < -0.39 is 0 Å². The predicted molar refractivity (Wildman–Crippen MR) is 146 cm³/mol. The Labute approximate surface area is 226 Å². The van der Waals surface area contributed by atoms with Crippen LogP contribution in [0.25, 0.3) is 16.9 Å². The number of carbonyl (C=O) groups is 1. The maximum Gasteiger partial charge on any atom is 0.273 e. The van der Waals surface area contributed by atoms with Gasteiger partial charge in [0.15, 0.2) is 5.65 Å². The van der Waals surface area contributed by atoms with E-state index >= 15 is 4.39 Å². The third-order valence-electron chi connectivity index (χ3n) is 8.49. The van der Waals surface area contributed by atoms with Gasteiger partial charge in [0.2, 0.25) is 0 Å². The second kappa shape index (κ2) is 9.19. The van der Waals surface area contributed by atoms with Gasteiger partial charge in [-0.3, -0.25) is 4.79 Å². The second-order valence-electron chi connectivity index (χ2n) is 11.0. The largest absolute Gasteiger partial charge is 0.370 e. The van der Waals surface area contributed by atoms with E-state index in [0.717, 1.165) is 43.6 Å². The van der Waals surface area contributed by atoms with Gasteiger partial charge in [-0.1, -0.05) is 24.3 Å². The van der Waals surface area contributed by atoms with Gasteiger partial charge in [0.1, 0.15) is 11.5 Å². The lowest BCUT2D eigenvalue weighted by Gasteiger charge is -2.35. The fourth-order valence-electron chi connectivity index (χ4n) is 6.11. The first kappa shape index (κ1) is 23.8. The fraction of sp³-hybridized carbons (Fsp3) is 0.355. The van der Waals surface area contributed by atoms with E-state index in [1.54, 1.807) is 16.6 Å². The molecule has 2 fully saturated rings. The Bertz CT molecular complexity index is 1650. The third-order valence-corrected chi connectivity index (χ3v) is 8.49. The average molecular weight is 521 g/mol. The van der Waals surface area contributed by atoms with Crippen LogP contribution >= 0.6 is 0 Å². The van der Waals surface area contributed by atoms with Crippen LogP contribution in [0.3, 0.4) is 0 Å². The molecule has 4 heterocycles. The molecule has 196 valence electrons. The fourth-order valence-corrected chi connectivity index (χ4v) is 6.11. The lowest BCUT2D eigenvalue weighted by Crippen LogP contribution is -2.39. The lowest BCUT2D eigenvalue weighted by molar-refractivity contribution is 0.0671. The van der Waals surface area contributed by atoms with Gasteiger partial charge in [0, 0.05) is 48.6 Å². The molecule has 0 unspecified atom stereocenters. The standard InChI is InChI=1S/C31H29FN6O/c1-19-24-5-3-2-4-21(24)11-13-37(19)31(39)28-15-29(22-6-7-22)38-30(34-28)16-27(35-38)25-9-8-23(14-26(25)32)36-12-10-20(17-33)18-36/h2-5,8-9,14-16,19-20,22H,6-7,10-13,18H2,1H3/t19-,20-/m1/s1. The number of nitrogens with zero attached hydrogens (tertiary/aromatic N) is 6. The van der Waals surface area contributed by atoms with Gasteiger partial charge in [-0.25, -0.2) is 13.9 Å². The summed E-state index contributed by atoms with van der Waals surface area (Å²) in [5.74, 6) is -0.134. The molecule has 39 heavy (non-hydrogen) atoms. The normalized spacial score (nSPS) is 20.7. The first-order valence-electron chi connectivity index (χ1n) is 13.7. The summed E-state index contributed by atoms with van der Waals surface area (Å²) in [4.78, 5) is 22.4. The Hall–Kier alpha value is -4.25. The van der Waals surface area contributed by atoms with E-state index in [4.69, 9.17) is 10.1 Å². The number of nitriles is 1. The molecule has 7 rings (SSSR count). The molecule has 1 saturated heterocycles. The number of anilines is 1. The number of fused-ring (bicyclic) bond motifs is 2. The Balaban J connectivity index is 1.22. The Morgan fingerprint density at radius 3 is 2.69 bits per heavy atom. The van der Waals surface area contributed by atoms with E-state index in [0.29, 0.717) is 41.6 Å². The van der Waals surface area contributed by atoms with Crippen LogP contribution in [0.5, 0.6) is 0 Å². The van der Waals surface area contributed by atoms with E-state index in [9.17, 15) is 10.1 Å². The number of carbonyl (C=O) groups excluding carboxylic acids is 1. The quantitative estimate of drug-likeness (QED) is 0.354. The topological polar surface area (TPSA) is 77.5 Å². The number of aromatic nitrogens is 3. The zero-order chi connectivity index (χ0) is 26.7. The van der Waals surface area contributed by atoms with E-state index in [-0.39, 0.29) is 23.7 Å². The van der Waals surface area contributed by atoms with E-state index in [1.165, 1.54) is 17.2 Å². The smallest absolute Gasteiger partial charge is 0.273 e. The average Bonchev–Trinajstić information content (AvgIpc) is 3.52. The Kier molecular flexibility index (Phi) is 5.62. The molecule has 0 bridgehead atoms. The number of amides is 1. The molecule has 2 aliphatic heterocycles. The summed E-state index contributed by atoms with van der Waals surface area (Å²) in [5, 5.41) is 13.9. The minimum Gasteiger partial charge on any atom is -0.370 e. The highest BCUT2D eigenvalue weighted by atomic mass is 19.1. The van der Waals surface area contributed by atoms with Crippen LogP contribution in [0.15, 0.2) is 54.6 Å². The van der Waals surface area contributed by atoms with Crippen molar-refractivity contribution < 1.29 is 9.18 Å². The maximum atomic E-state index is 15.4. The first-order chi connectivity index (χ1) is 19.0. The molecule has 1 aliphatic carbocycles. The Morgan fingerprint density at radius 1 is 1.08 bits per heavy atom. The van der Waals surface area contributed by atoms with Crippen molar-refractivity contribution in [1.29, 1.82) is 5.26 Å². The third kappa shape index (κ3) is 4.13. The molecule has 0 radical (unpaired) electrons. The van der Waals surface area contributed by atoms with Crippen molar-refractivity contribution in [2.45, 2.75) is 44.6 Å². The molecule has 2 aromatic carbocycles. The van der Waals surface area contributed by atoms with Crippen LogP contribution in [0, 0.1) is 23.1 Å². The van der Waals surface area contributed by atoms with Crippen LogP contribution in [0.2, 0.25) is 0 Å². The van der Waals surface area contributed by atoms with Crippen LogP contribution < -0.4 is 4.90 Å². The van der Waals surface area contributed by atoms with Gasteiger partial charge in [-0.2, -0.15) is 10.4 Å². The molecule has 2 aromatic heterocycles. The first-order valence-corrected chi connectivity index (χ1v) is 13.7. The number of halogens is 1. The summed E-state index contributed by atoms with van der Waals surface area (Å²) in [6, 6.07) is 19.4. The maximum absolute atomic E-state index is 15.4. The zero-order valence-corrected chi connectivity index (χ0v) is 21.8. The van der Waals surface area contributed by atoms with Gasteiger partial charge in [0.25, 0.3) is 5.91 Å². The SMILES string of the molecule is C[C@@H]1c2ccccc2CCN1C(=O)c1cc(C2CC2)n2nc(-c3ccc(N4CC[C@H](C#N)C4)cc3F)cc2n1. The summed E-state index contributed by atoms with van der Waals surface area (Å²) < 4.78 is 17.1. The number of hydrogen-bond acceptors (Lipinski definition) is 5. The van der Waals surface area contributed by atoms with Crippen molar-refractivity contribution in [2.75, 3.05) is 24.5 Å². The van der Waals surface area contributed by atoms with Crippen LogP contribution in [0.1, 0.15) is 65.5 Å². The molecule has 0 N–H and O–H groups in total. The number of benzene rings is 2. The second-order valence-corrected chi connectivity index (χ2v) is 11.0. The molecule has 0 spiro atoms. The molecule has 8 heteroatoms. The Morgan fingerprint density at radius 2 is 1.92 bits per heavy atom.